The summed E-state index contributed by atoms with van der Waals surface area (Å²) in [4.78, 5) is 11.7. The van der Waals surface area contributed by atoms with Crippen molar-refractivity contribution in [3.05, 3.63) is 11.3 Å². The van der Waals surface area contributed by atoms with Crippen LogP contribution in [0.1, 0.15) is 38.5 Å². The van der Waals surface area contributed by atoms with E-state index in [-0.39, 0.29) is 0 Å². The minimum absolute atomic E-state index is 0.745. The van der Waals surface area contributed by atoms with E-state index in [1.54, 1.807) is 0 Å². The lowest BCUT2D eigenvalue weighted by molar-refractivity contribution is 0.241. The number of hydrogen-bond acceptors (Lipinski definition) is 3. The van der Waals surface area contributed by atoms with Gasteiger partial charge in [0.15, 0.2) is 0 Å². The number of hydrogen-bond donors (Lipinski definition) is 0. The first kappa shape index (κ1) is 9.86. The van der Waals surface area contributed by atoms with Gasteiger partial charge in [0, 0.05) is 18.0 Å². The van der Waals surface area contributed by atoms with E-state index in [0.29, 0.717) is 0 Å². The Kier molecular flexibility index (Phi) is 2.14. The summed E-state index contributed by atoms with van der Waals surface area (Å²) in [5.41, 5.74) is 2.88. The topological polar surface area (TPSA) is 28.0 Å². The van der Waals surface area contributed by atoms with Gasteiger partial charge in [0.2, 0.25) is 0 Å². The monoisotopic (exact) mass is 229 g/mol. The Labute approximate surface area is 102 Å². The van der Waals surface area contributed by atoms with Crippen LogP contribution in [0.15, 0.2) is 21.3 Å². The zero-order valence-corrected chi connectivity index (χ0v) is 10.2. The fourth-order valence-electron chi connectivity index (χ4n) is 3.97. The van der Waals surface area contributed by atoms with Crippen LogP contribution in [0, 0.1) is 11.8 Å². The maximum atomic E-state index is 4.78. The van der Waals surface area contributed by atoms with Crippen LogP contribution in [-0.2, 0) is 0 Å². The number of nitrogens with zero attached hydrogens (tertiary/aromatic N) is 3. The molecule has 0 amide bonds. The van der Waals surface area contributed by atoms with E-state index >= 15 is 0 Å². The Morgan fingerprint density at radius 1 is 1.18 bits per heavy atom. The number of amidine groups is 1. The number of allylic oxidation sites excluding steroid dienone is 1. The number of rotatable bonds is 0. The first-order chi connectivity index (χ1) is 8.43. The maximum absolute atomic E-state index is 4.78. The largest absolute Gasteiger partial charge is 0.315 e. The summed E-state index contributed by atoms with van der Waals surface area (Å²) in [6.07, 6.45) is 10.2. The van der Waals surface area contributed by atoms with E-state index in [9.17, 15) is 0 Å². The highest BCUT2D eigenvalue weighted by atomic mass is 15.3. The predicted octanol–water partition coefficient (Wildman–Crippen LogP) is 2.60. The molecular formula is C14H19N3. The molecule has 0 saturated heterocycles. The molecule has 4 aliphatic rings. The lowest BCUT2D eigenvalue weighted by atomic mass is 9.70. The molecule has 0 aromatic rings. The Balaban J connectivity index is 1.75. The van der Waals surface area contributed by atoms with Crippen molar-refractivity contribution in [2.24, 2.45) is 21.8 Å². The standard InChI is InChI=1S/C14H19N3/c1-2-4-11-10(3-1)5-6-12-13(11)16-9-17-8-7-15-14(12)17/h9-11H,1-8H2/t10-,11+/m0/s1. The zero-order valence-electron chi connectivity index (χ0n) is 10.2. The predicted molar refractivity (Wildman–Crippen MR) is 69.2 cm³/mol. The van der Waals surface area contributed by atoms with Gasteiger partial charge in [-0.1, -0.05) is 12.8 Å². The molecule has 3 nitrogen and oxygen atoms in total. The molecule has 0 N–H and O–H groups in total. The molecule has 2 atom stereocenters. The molecule has 1 saturated carbocycles. The second-order valence-electron chi connectivity index (χ2n) is 5.70. The lowest BCUT2D eigenvalue weighted by Gasteiger charge is -2.39. The maximum Gasteiger partial charge on any atom is 0.133 e. The van der Waals surface area contributed by atoms with Gasteiger partial charge in [-0.25, -0.2) is 4.99 Å². The molecule has 17 heavy (non-hydrogen) atoms. The van der Waals surface area contributed by atoms with Crippen LogP contribution in [0.2, 0.25) is 0 Å². The van der Waals surface area contributed by atoms with Crippen molar-refractivity contribution < 1.29 is 0 Å². The molecule has 1 fully saturated rings. The van der Waals surface area contributed by atoms with Crippen LogP contribution >= 0.6 is 0 Å². The van der Waals surface area contributed by atoms with Gasteiger partial charge in [0.1, 0.15) is 5.84 Å². The van der Waals surface area contributed by atoms with Crippen LogP contribution in [0.3, 0.4) is 0 Å². The van der Waals surface area contributed by atoms with Crippen molar-refractivity contribution in [1.82, 2.24) is 4.90 Å². The third-order valence-electron chi connectivity index (χ3n) is 4.82. The van der Waals surface area contributed by atoms with Gasteiger partial charge in [0.05, 0.1) is 18.6 Å². The summed E-state index contributed by atoms with van der Waals surface area (Å²) in [5, 5.41) is 0. The van der Waals surface area contributed by atoms with Gasteiger partial charge < -0.3 is 4.90 Å². The summed E-state index contributed by atoms with van der Waals surface area (Å²) >= 11 is 0. The SMILES string of the molecule is C1=NC2=C(CC[C@@H]3CCCC[C@@H]23)C2=NCCN12. The number of fused-ring (bicyclic) bond motifs is 4. The van der Waals surface area contributed by atoms with Gasteiger partial charge in [0.25, 0.3) is 0 Å². The molecule has 0 aromatic carbocycles. The summed E-state index contributed by atoms with van der Waals surface area (Å²) < 4.78 is 0. The minimum atomic E-state index is 0.745. The zero-order chi connectivity index (χ0) is 11.2. The third-order valence-corrected chi connectivity index (χ3v) is 4.82. The smallest absolute Gasteiger partial charge is 0.133 e. The molecule has 0 bridgehead atoms. The van der Waals surface area contributed by atoms with Crippen LogP contribution in [0.5, 0.6) is 0 Å². The molecule has 2 aliphatic heterocycles. The van der Waals surface area contributed by atoms with Crippen LogP contribution in [0.25, 0.3) is 0 Å². The van der Waals surface area contributed by atoms with E-state index in [1.807, 2.05) is 6.34 Å². The van der Waals surface area contributed by atoms with Gasteiger partial charge in [-0.05, 0) is 31.6 Å². The van der Waals surface area contributed by atoms with Crippen molar-refractivity contribution in [3.8, 4) is 0 Å². The van der Waals surface area contributed by atoms with Crippen molar-refractivity contribution in [2.75, 3.05) is 13.1 Å². The van der Waals surface area contributed by atoms with E-state index in [2.05, 4.69) is 9.89 Å². The molecule has 0 unspecified atom stereocenters. The molecule has 3 heteroatoms. The van der Waals surface area contributed by atoms with Crippen LogP contribution in [0.4, 0.5) is 0 Å². The fourth-order valence-corrected chi connectivity index (χ4v) is 3.97. The van der Waals surface area contributed by atoms with Gasteiger partial charge in [-0.3, -0.25) is 4.99 Å². The highest BCUT2D eigenvalue weighted by molar-refractivity contribution is 6.07. The molecule has 2 aliphatic carbocycles. The Hall–Kier alpha value is -1.12. The lowest BCUT2D eigenvalue weighted by Crippen LogP contribution is -2.36. The first-order valence-electron chi connectivity index (χ1n) is 7.02. The summed E-state index contributed by atoms with van der Waals surface area (Å²) in [7, 11) is 0. The molecule has 90 valence electrons. The van der Waals surface area contributed by atoms with Crippen molar-refractivity contribution in [3.63, 3.8) is 0 Å². The van der Waals surface area contributed by atoms with Crippen molar-refractivity contribution >= 4 is 12.2 Å². The molecule has 0 aromatic heterocycles. The van der Waals surface area contributed by atoms with Crippen LogP contribution < -0.4 is 0 Å². The first-order valence-corrected chi connectivity index (χ1v) is 7.02. The summed E-state index contributed by atoms with van der Waals surface area (Å²) in [6, 6.07) is 0. The second kappa shape index (κ2) is 3.69. The summed E-state index contributed by atoms with van der Waals surface area (Å²) in [5.74, 6) is 2.90. The highest BCUT2D eigenvalue weighted by Gasteiger charge is 2.37. The minimum Gasteiger partial charge on any atom is -0.315 e. The van der Waals surface area contributed by atoms with E-state index in [0.717, 1.165) is 24.9 Å². The average molecular weight is 229 g/mol. The third kappa shape index (κ3) is 1.41. The highest BCUT2D eigenvalue weighted by Crippen LogP contribution is 2.45. The Bertz CT molecular complexity index is 433. The quantitative estimate of drug-likeness (QED) is 0.627. The molecule has 0 spiro atoms. The van der Waals surface area contributed by atoms with Crippen molar-refractivity contribution in [1.29, 1.82) is 0 Å². The number of aliphatic imine (C=N–C) groups is 2. The molecule has 4 rings (SSSR count). The van der Waals surface area contributed by atoms with E-state index in [4.69, 9.17) is 4.99 Å². The molecule has 0 radical (unpaired) electrons. The van der Waals surface area contributed by atoms with Gasteiger partial charge in [-0.15, -0.1) is 0 Å². The summed E-state index contributed by atoms with van der Waals surface area (Å²) in [6.45, 7) is 1.98. The van der Waals surface area contributed by atoms with Gasteiger partial charge >= 0.3 is 0 Å². The molecular weight excluding hydrogens is 210 g/mol. The Morgan fingerprint density at radius 3 is 3.12 bits per heavy atom. The fraction of sp³-hybridized carbons (Fsp3) is 0.714. The van der Waals surface area contributed by atoms with Gasteiger partial charge in [-0.2, -0.15) is 0 Å². The second-order valence-corrected chi connectivity index (χ2v) is 5.70. The van der Waals surface area contributed by atoms with Crippen LogP contribution in [-0.4, -0.2) is 30.2 Å². The normalized spacial score (nSPS) is 35.3. The van der Waals surface area contributed by atoms with E-state index < -0.39 is 0 Å². The van der Waals surface area contributed by atoms with E-state index in [1.165, 1.54) is 55.6 Å². The average Bonchev–Trinajstić information content (AvgIpc) is 2.86. The molecule has 2 heterocycles. The van der Waals surface area contributed by atoms with Crippen molar-refractivity contribution in [2.45, 2.75) is 38.5 Å². The Morgan fingerprint density at radius 2 is 2.12 bits per heavy atom.